The standard InChI is InChI=1S/C18H20N4O4S2/c1-5-7-22-8-19-15-11(16(22)24)9(3)12(27-15)14(23)21-18-20-10(4)13(28-18)17(25)26-6-2/h8H,5-7H2,1-4H3,(H,20,21,23). The van der Waals surface area contributed by atoms with E-state index in [1.165, 1.54) is 17.7 Å². The summed E-state index contributed by atoms with van der Waals surface area (Å²) in [6.45, 7) is 7.97. The van der Waals surface area contributed by atoms with Crippen LogP contribution in [0.25, 0.3) is 10.2 Å². The lowest BCUT2D eigenvalue weighted by Crippen LogP contribution is -2.20. The summed E-state index contributed by atoms with van der Waals surface area (Å²) in [5.74, 6) is -0.845. The molecule has 10 heteroatoms. The van der Waals surface area contributed by atoms with Gasteiger partial charge < -0.3 is 4.74 Å². The number of hydrogen-bond donors (Lipinski definition) is 1. The van der Waals surface area contributed by atoms with E-state index in [1.807, 2.05) is 6.92 Å². The highest BCUT2D eigenvalue weighted by atomic mass is 32.1. The van der Waals surface area contributed by atoms with Gasteiger partial charge in [0.25, 0.3) is 11.5 Å². The second-order valence-electron chi connectivity index (χ2n) is 6.09. The first-order chi connectivity index (χ1) is 13.4. The number of ether oxygens (including phenoxy) is 1. The Hall–Kier alpha value is -2.59. The smallest absolute Gasteiger partial charge is 0.350 e. The molecule has 148 valence electrons. The predicted molar refractivity (Wildman–Crippen MR) is 110 cm³/mol. The molecule has 0 aliphatic heterocycles. The number of thiophene rings is 1. The van der Waals surface area contributed by atoms with Crippen molar-refractivity contribution < 1.29 is 14.3 Å². The van der Waals surface area contributed by atoms with Crippen molar-refractivity contribution in [3.8, 4) is 0 Å². The Kier molecular flexibility index (Phi) is 5.90. The molecular formula is C18H20N4O4S2. The fourth-order valence-corrected chi connectivity index (χ4v) is 4.66. The lowest BCUT2D eigenvalue weighted by molar-refractivity contribution is 0.0531. The van der Waals surface area contributed by atoms with Gasteiger partial charge in [-0.15, -0.1) is 11.3 Å². The molecule has 3 aromatic heterocycles. The largest absolute Gasteiger partial charge is 0.462 e. The third-order valence-electron chi connectivity index (χ3n) is 4.07. The molecule has 0 aromatic carbocycles. The van der Waals surface area contributed by atoms with Gasteiger partial charge in [0.1, 0.15) is 9.71 Å². The molecule has 0 fully saturated rings. The van der Waals surface area contributed by atoms with E-state index in [0.717, 1.165) is 17.8 Å². The number of rotatable bonds is 6. The normalized spacial score (nSPS) is 11.0. The number of aryl methyl sites for hydroxylation is 3. The van der Waals surface area contributed by atoms with E-state index in [1.54, 1.807) is 25.3 Å². The Morgan fingerprint density at radius 1 is 1.21 bits per heavy atom. The Balaban J connectivity index is 1.91. The maximum atomic E-state index is 12.8. The highest BCUT2D eigenvalue weighted by Crippen LogP contribution is 2.29. The van der Waals surface area contributed by atoms with Crippen molar-refractivity contribution in [2.75, 3.05) is 11.9 Å². The van der Waals surface area contributed by atoms with Crippen LogP contribution >= 0.6 is 22.7 Å². The second-order valence-corrected chi connectivity index (χ2v) is 8.09. The van der Waals surface area contributed by atoms with Gasteiger partial charge in [-0.1, -0.05) is 18.3 Å². The molecule has 0 saturated heterocycles. The lowest BCUT2D eigenvalue weighted by Gasteiger charge is -2.02. The van der Waals surface area contributed by atoms with Gasteiger partial charge in [0.2, 0.25) is 0 Å². The monoisotopic (exact) mass is 420 g/mol. The van der Waals surface area contributed by atoms with Crippen molar-refractivity contribution in [1.82, 2.24) is 14.5 Å². The summed E-state index contributed by atoms with van der Waals surface area (Å²) in [6, 6.07) is 0. The molecule has 0 saturated carbocycles. The topological polar surface area (TPSA) is 103 Å². The molecule has 0 aliphatic carbocycles. The highest BCUT2D eigenvalue weighted by molar-refractivity contribution is 7.21. The minimum Gasteiger partial charge on any atom is -0.462 e. The third-order valence-corrected chi connectivity index (χ3v) is 6.32. The number of thiazole rings is 1. The van der Waals surface area contributed by atoms with Crippen LogP contribution < -0.4 is 10.9 Å². The van der Waals surface area contributed by atoms with Crippen LogP contribution in [0.1, 0.15) is 50.9 Å². The van der Waals surface area contributed by atoms with E-state index >= 15 is 0 Å². The Morgan fingerprint density at radius 3 is 2.64 bits per heavy atom. The number of fused-ring (bicyclic) bond motifs is 1. The number of carbonyl (C=O) groups is 2. The summed E-state index contributed by atoms with van der Waals surface area (Å²) in [4.78, 5) is 47.2. The Bertz CT molecular complexity index is 1110. The van der Waals surface area contributed by atoms with Crippen molar-refractivity contribution in [2.24, 2.45) is 0 Å². The van der Waals surface area contributed by atoms with Crippen LogP contribution in [0.15, 0.2) is 11.1 Å². The fourth-order valence-electron chi connectivity index (χ4n) is 2.77. The quantitative estimate of drug-likeness (QED) is 0.613. The summed E-state index contributed by atoms with van der Waals surface area (Å²) in [5.41, 5.74) is 0.949. The minimum atomic E-state index is -0.461. The first kappa shape index (κ1) is 20.2. The van der Waals surface area contributed by atoms with E-state index in [4.69, 9.17) is 4.74 Å². The van der Waals surface area contributed by atoms with E-state index in [9.17, 15) is 14.4 Å². The van der Waals surface area contributed by atoms with E-state index < -0.39 is 5.97 Å². The summed E-state index contributed by atoms with van der Waals surface area (Å²) >= 11 is 2.23. The number of anilines is 1. The number of aromatic nitrogens is 3. The zero-order chi connectivity index (χ0) is 20.4. The van der Waals surface area contributed by atoms with Crippen molar-refractivity contribution in [1.29, 1.82) is 0 Å². The summed E-state index contributed by atoms with van der Waals surface area (Å²) in [6.07, 6.45) is 2.33. The van der Waals surface area contributed by atoms with Crippen molar-refractivity contribution in [2.45, 2.75) is 40.7 Å². The van der Waals surface area contributed by atoms with Crippen molar-refractivity contribution in [3.05, 3.63) is 37.7 Å². The van der Waals surface area contributed by atoms with Crippen LogP contribution in [0.3, 0.4) is 0 Å². The van der Waals surface area contributed by atoms with Gasteiger partial charge in [-0.3, -0.25) is 19.5 Å². The van der Waals surface area contributed by atoms with Gasteiger partial charge in [-0.25, -0.2) is 14.8 Å². The van der Waals surface area contributed by atoms with Gasteiger partial charge in [0.15, 0.2) is 5.13 Å². The van der Waals surface area contributed by atoms with Crippen LogP contribution in [-0.4, -0.2) is 33.0 Å². The zero-order valence-electron chi connectivity index (χ0n) is 16.0. The average Bonchev–Trinajstić information content (AvgIpc) is 3.18. The number of nitrogens with one attached hydrogen (secondary N) is 1. The van der Waals surface area contributed by atoms with E-state index in [-0.39, 0.29) is 18.1 Å². The maximum Gasteiger partial charge on any atom is 0.350 e. The number of esters is 1. The molecule has 0 radical (unpaired) electrons. The van der Waals surface area contributed by atoms with Gasteiger partial charge in [0, 0.05) is 6.54 Å². The summed E-state index contributed by atoms with van der Waals surface area (Å²) < 4.78 is 6.55. The number of hydrogen-bond acceptors (Lipinski definition) is 8. The summed E-state index contributed by atoms with van der Waals surface area (Å²) in [7, 11) is 0. The summed E-state index contributed by atoms with van der Waals surface area (Å²) in [5, 5.41) is 3.48. The Labute approximate surface area is 169 Å². The molecule has 0 unspecified atom stereocenters. The molecule has 0 bridgehead atoms. The number of nitrogens with zero attached hydrogens (tertiary/aromatic N) is 3. The van der Waals surface area contributed by atoms with Gasteiger partial charge in [-0.05, 0) is 32.8 Å². The van der Waals surface area contributed by atoms with Crippen LogP contribution in [-0.2, 0) is 11.3 Å². The molecule has 3 rings (SSSR count). The van der Waals surface area contributed by atoms with Gasteiger partial charge in [-0.2, -0.15) is 0 Å². The van der Waals surface area contributed by atoms with Crippen LogP contribution in [0, 0.1) is 13.8 Å². The predicted octanol–water partition coefficient (Wildman–Crippen LogP) is 3.37. The zero-order valence-corrected chi connectivity index (χ0v) is 17.6. The molecule has 0 atom stereocenters. The molecule has 1 N–H and O–H groups in total. The van der Waals surface area contributed by atoms with Crippen molar-refractivity contribution >= 4 is 49.9 Å². The first-order valence-corrected chi connectivity index (χ1v) is 10.4. The first-order valence-electron chi connectivity index (χ1n) is 8.81. The highest BCUT2D eigenvalue weighted by Gasteiger charge is 2.22. The molecule has 3 aromatic rings. The lowest BCUT2D eigenvalue weighted by atomic mass is 10.2. The third kappa shape index (κ3) is 3.69. The molecule has 28 heavy (non-hydrogen) atoms. The molecule has 3 heterocycles. The molecule has 8 nitrogen and oxygen atoms in total. The fraction of sp³-hybridized carbons (Fsp3) is 0.389. The molecule has 1 amide bonds. The van der Waals surface area contributed by atoms with Gasteiger partial charge in [0.05, 0.1) is 28.9 Å². The molecule has 0 aliphatic rings. The van der Waals surface area contributed by atoms with E-state index in [2.05, 4.69) is 15.3 Å². The molecule has 0 spiro atoms. The SMILES string of the molecule is CCCn1cnc2sc(C(=O)Nc3nc(C)c(C(=O)OCC)s3)c(C)c2c1=O. The van der Waals surface area contributed by atoms with Crippen LogP contribution in [0.4, 0.5) is 5.13 Å². The average molecular weight is 421 g/mol. The van der Waals surface area contributed by atoms with Crippen LogP contribution in [0.2, 0.25) is 0 Å². The van der Waals surface area contributed by atoms with Crippen LogP contribution in [0.5, 0.6) is 0 Å². The van der Waals surface area contributed by atoms with Gasteiger partial charge >= 0.3 is 5.97 Å². The molecular weight excluding hydrogens is 400 g/mol. The minimum absolute atomic E-state index is 0.144. The maximum absolute atomic E-state index is 12.8. The Morgan fingerprint density at radius 2 is 1.96 bits per heavy atom. The number of carbonyl (C=O) groups excluding carboxylic acids is 2. The number of amides is 1. The van der Waals surface area contributed by atoms with E-state index in [0.29, 0.717) is 42.9 Å². The van der Waals surface area contributed by atoms with Crippen molar-refractivity contribution in [3.63, 3.8) is 0 Å². The second kappa shape index (κ2) is 8.19.